The molecule has 1 aliphatic rings. The fourth-order valence-electron chi connectivity index (χ4n) is 2.58. The van der Waals surface area contributed by atoms with Crippen molar-refractivity contribution in [1.29, 1.82) is 0 Å². The van der Waals surface area contributed by atoms with Crippen LogP contribution in [-0.2, 0) is 0 Å². The zero-order valence-electron chi connectivity index (χ0n) is 11.6. The van der Waals surface area contributed by atoms with Gasteiger partial charge in [0.25, 0.3) is 0 Å². The van der Waals surface area contributed by atoms with Gasteiger partial charge < -0.3 is 5.73 Å². The minimum Gasteiger partial charge on any atom is -0.329 e. The van der Waals surface area contributed by atoms with Gasteiger partial charge in [0.05, 0.1) is 0 Å². The molecule has 0 saturated heterocycles. The molecule has 1 aromatic carbocycles. The van der Waals surface area contributed by atoms with Crippen LogP contribution in [0.3, 0.4) is 0 Å². The maximum absolute atomic E-state index is 5.93. The van der Waals surface area contributed by atoms with Crippen molar-refractivity contribution in [2.24, 2.45) is 11.7 Å². The van der Waals surface area contributed by atoms with E-state index in [1.54, 1.807) is 11.8 Å². The molecule has 1 aromatic rings. The molecule has 2 rings (SSSR count). The minimum atomic E-state index is 0.440. The maximum atomic E-state index is 5.93. The Hall–Kier alpha value is -0.510. The summed E-state index contributed by atoms with van der Waals surface area (Å²) in [6, 6.07) is 9.88. The molecule has 1 aliphatic carbocycles. The van der Waals surface area contributed by atoms with Crippen molar-refractivity contribution in [2.45, 2.75) is 36.7 Å². The van der Waals surface area contributed by atoms with Crippen molar-refractivity contribution >= 4 is 11.8 Å². The lowest BCUT2D eigenvalue weighted by atomic mass is 10.0. The van der Waals surface area contributed by atoms with Crippen LogP contribution in [0.25, 0.3) is 0 Å². The number of hydrogen-bond donors (Lipinski definition) is 1. The second-order valence-corrected chi connectivity index (χ2v) is 6.13. The Balaban J connectivity index is 2.06. The fourth-order valence-corrected chi connectivity index (χ4v) is 2.99. The monoisotopic (exact) mass is 264 g/mol. The van der Waals surface area contributed by atoms with Gasteiger partial charge >= 0.3 is 0 Å². The standard InChI is InChI=1S/C15H24N2S/c1-11(12-6-8-14(18-3)9-7-12)17(2)15(10-16)13-4-5-13/h6-9,11,13,15H,4-5,10,16H2,1-3H3. The van der Waals surface area contributed by atoms with Crippen LogP contribution >= 0.6 is 11.8 Å². The molecule has 0 aliphatic heterocycles. The highest BCUT2D eigenvalue weighted by Crippen LogP contribution is 2.37. The van der Waals surface area contributed by atoms with Gasteiger partial charge in [0.1, 0.15) is 0 Å². The molecule has 1 saturated carbocycles. The summed E-state index contributed by atoms with van der Waals surface area (Å²) >= 11 is 1.79. The molecular formula is C15H24N2S. The van der Waals surface area contributed by atoms with Crippen LogP contribution in [0.4, 0.5) is 0 Å². The van der Waals surface area contributed by atoms with Crippen LogP contribution < -0.4 is 5.73 Å². The SMILES string of the molecule is CSc1ccc(C(C)N(C)C(CN)C2CC2)cc1. The summed E-state index contributed by atoms with van der Waals surface area (Å²) in [7, 11) is 2.21. The first-order chi connectivity index (χ1) is 8.67. The fraction of sp³-hybridized carbons (Fsp3) is 0.600. The highest BCUT2D eigenvalue weighted by Gasteiger charge is 2.34. The van der Waals surface area contributed by atoms with Crippen molar-refractivity contribution < 1.29 is 0 Å². The van der Waals surface area contributed by atoms with Crippen LogP contribution in [-0.4, -0.2) is 30.8 Å². The molecule has 0 bridgehead atoms. The van der Waals surface area contributed by atoms with Crippen LogP contribution in [0, 0.1) is 5.92 Å². The van der Waals surface area contributed by atoms with Crippen molar-refractivity contribution in [1.82, 2.24) is 4.90 Å². The Morgan fingerprint density at radius 2 is 1.94 bits per heavy atom. The summed E-state index contributed by atoms with van der Waals surface area (Å²) in [6.45, 7) is 3.05. The number of thioether (sulfide) groups is 1. The van der Waals surface area contributed by atoms with Crippen LogP contribution in [0.2, 0.25) is 0 Å². The first kappa shape index (κ1) is 13.9. The number of likely N-dealkylation sites (N-methyl/N-ethyl adjacent to an activating group) is 1. The summed E-state index contributed by atoms with van der Waals surface area (Å²) in [5.74, 6) is 0.827. The lowest BCUT2D eigenvalue weighted by Crippen LogP contribution is -2.41. The molecule has 100 valence electrons. The summed E-state index contributed by atoms with van der Waals surface area (Å²) in [4.78, 5) is 3.78. The second kappa shape index (κ2) is 6.09. The predicted octanol–water partition coefficient (Wildman–Crippen LogP) is 3.14. The van der Waals surface area contributed by atoms with Gasteiger partial charge in [-0.25, -0.2) is 0 Å². The Bertz CT molecular complexity index is 373. The average Bonchev–Trinajstić information content (AvgIpc) is 3.23. The van der Waals surface area contributed by atoms with Crippen molar-refractivity contribution in [2.75, 3.05) is 19.8 Å². The highest BCUT2D eigenvalue weighted by molar-refractivity contribution is 7.98. The van der Waals surface area contributed by atoms with Crippen LogP contribution in [0.1, 0.15) is 31.4 Å². The van der Waals surface area contributed by atoms with E-state index in [1.165, 1.54) is 23.3 Å². The molecule has 2 nitrogen and oxygen atoms in total. The van der Waals surface area contributed by atoms with Gasteiger partial charge in [-0.05, 0) is 56.7 Å². The number of hydrogen-bond acceptors (Lipinski definition) is 3. The topological polar surface area (TPSA) is 29.3 Å². The van der Waals surface area contributed by atoms with Gasteiger partial charge in [-0.3, -0.25) is 4.90 Å². The van der Waals surface area contributed by atoms with E-state index in [9.17, 15) is 0 Å². The number of nitrogens with two attached hydrogens (primary N) is 1. The molecule has 18 heavy (non-hydrogen) atoms. The molecule has 0 amide bonds. The molecular weight excluding hydrogens is 240 g/mol. The Morgan fingerprint density at radius 1 is 1.33 bits per heavy atom. The van der Waals surface area contributed by atoms with Gasteiger partial charge in [-0.2, -0.15) is 0 Å². The lowest BCUT2D eigenvalue weighted by molar-refractivity contribution is 0.170. The first-order valence-electron chi connectivity index (χ1n) is 6.73. The quantitative estimate of drug-likeness (QED) is 0.800. The van der Waals surface area contributed by atoms with Gasteiger partial charge in [0.15, 0.2) is 0 Å². The first-order valence-corrected chi connectivity index (χ1v) is 7.95. The van der Waals surface area contributed by atoms with Crippen molar-refractivity contribution in [3.05, 3.63) is 29.8 Å². The molecule has 0 aromatic heterocycles. The summed E-state index contributed by atoms with van der Waals surface area (Å²) in [6.07, 6.45) is 4.82. The predicted molar refractivity (Wildman–Crippen MR) is 80.0 cm³/mol. The van der Waals surface area contributed by atoms with Gasteiger partial charge in [0.2, 0.25) is 0 Å². The number of nitrogens with zero attached hydrogens (tertiary/aromatic N) is 1. The molecule has 2 unspecified atom stereocenters. The number of rotatable bonds is 6. The Morgan fingerprint density at radius 3 is 2.39 bits per heavy atom. The smallest absolute Gasteiger partial charge is 0.0320 e. The van der Waals surface area contributed by atoms with E-state index in [1.807, 2.05) is 0 Å². The number of benzene rings is 1. The van der Waals surface area contributed by atoms with E-state index in [4.69, 9.17) is 5.73 Å². The third-order valence-corrected chi connectivity index (χ3v) is 4.88. The third kappa shape index (κ3) is 3.08. The van der Waals surface area contributed by atoms with E-state index >= 15 is 0 Å². The molecule has 0 heterocycles. The molecule has 2 N–H and O–H groups in total. The van der Waals surface area contributed by atoms with E-state index < -0.39 is 0 Å². The van der Waals surface area contributed by atoms with E-state index in [0.29, 0.717) is 12.1 Å². The Kier molecular flexibility index (Phi) is 4.71. The van der Waals surface area contributed by atoms with E-state index in [-0.39, 0.29) is 0 Å². The molecule has 1 fully saturated rings. The summed E-state index contributed by atoms with van der Waals surface area (Å²) in [5.41, 5.74) is 7.31. The largest absolute Gasteiger partial charge is 0.329 e. The van der Waals surface area contributed by atoms with Crippen molar-refractivity contribution in [3.8, 4) is 0 Å². The highest BCUT2D eigenvalue weighted by atomic mass is 32.2. The molecule has 0 spiro atoms. The summed E-state index contributed by atoms with van der Waals surface area (Å²) in [5, 5.41) is 0. The van der Waals surface area contributed by atoms with Crippen LogP contribution in [0.15, 0.2) is 29.2 Å². The lowest BCUT2D eigenvalue weighted by Gasteiger charge is -2.33. The average molecular weight is 264 g/mol. The van der Waals surface area contributed by atoms with Crippen LogP contribution in [0.5, 0.6) is 0 Å². The molecule has 2 atom stereocenters. The van der Waals surface area contributed by atoms with Crippen molar-refractivity contribution in [3.63, 3.8) is 0 Å². The second-order valence-electron chi connectivity index (χ2n) is 5.26. The normalized spacial score (nSPS) is 18.9. The van der Waals surface area contributed by atoms with Gasteiger partial charge in [-0.15, -0.1) is 11.8 Å². The zero-order chi connectivity index (χ0) is 13.1. The molecule has 0 radical (unpaired) electrons. The Labute approximate surface area is 115 Å². The maximum Gasteiger partial charge on any atom is 0.0320 e. The van der Waals surface area contributed by atoms with Gasteiger partial charge in [0, 0.05) is 23.5 Å². The third-order valence-electron chi connectivity index (χ3n) is 4.14. The molecule has 3 heteroatoms. The zero-order valence-corrected chi connectivity index (χ0v) is 12.4. The van der Waals surface area contributed by atoms with Gasteiger partial charge in [-0.1, -0.05) is 12.1 Å². The van der Waals surface area contributed by atoms with E-state index in [2.05, 4.69) is 49.4 Å². The summed E-state index contributed by atoms with van der Waals surface area (Å²) < 4.78 is 0. The minimum absolute atomic E-state index is 0.440. The van der Waals surface area contributed by atoms with E-state index in [0.717, 1.165) is 12.5 Å².